The van der Waals surface area contributed by atoms with Gasteiger partial charge >= 0.3 is 0 Å². The van der Waals surface area contributed by atoms with Gasteiger partial charge in [0.1, 0.15) is 11.6 Å². The highest BCUT2D eigenvalue weighted by atomic mass is 19.1. The van der Waals surface area contributed by atoms with Gasteiger partial charge in [0, 0.05) is 13.0 Å². The molecule has 3 N–H and O–H groups in total. The summed E-state index contributed by atoms with van der Waals surface area (Å²) in [6.07, 6.45) is 0.173. The molecule has 1 heterocycles. The van der Waals surface area contributed by atoms with Crippen molar-refractivity contribution in [2.75, 3.05) is 14.2 Å². The van der Waals surface area contributed by atoms with Gasteiger partial charge in [-0.25, -0.2) is 9.37 Å². The van der Waals surface area contributed by atoms with Gasteiger partial charge in [-0.1, -0.05) is 18.2 Å². The molecule has 0 fully saturated rings. The van der Waals surface area contributed by atoms with Crippen LogP contribution in [0.25, 0.3) is 0 Å². The average molecular weight is 413 g/mol. The van der Waals surface area contributed by atoms with Crippen LogP contribution < -0.4 is 14.8 Å². The number of aromatic nitrogens is 2. The molecule has 0 radical (unpaired) electrons. The second-order valence-electron chi connectivity index (χ2n) is 6.34. The molecule has 0 atom stereocenters. The number of nitrogens with zero attached hydrogens (tertiary/aromatic N) is 2. The molecule has 0 bridgehead atoms. The number of carbonyl (C=O) groups is 1. The number of aromatic hydroxyl groups is 2. The lowest BCUT2D eigenvalue weighted by Crippen LogP contribution is -2.24. The lowest BCUT2D eigenvalue weighted by Gasteiger charge is -2.11. The molecule has 0 spiro atoms. The van der Waals surface area contributed by atoms with Gasteiger partial charge in [-0.15, -0.1) is 0 Å². The Morgan fingerprint density at radius 1 is 1.00 bits per heavy atom. The van der Waals surface area contributed by atoms with Crippen molar-refractivity contribution in [2.24, 2.45) is 0 Å². The van der Waals surface area contributed by atoms with Crippen molar-refractivity contribution in [3.63, 3.8) is 0 Å². The van der Waals surface area contributed by atoms with E-state index in [-0.39, 0.29) is 30.3 Å². The largest absolute Gasteiger partial charge is 0.501 e. The Hall–Kier alpha value is -3.88. The van der Waals surface area contributed by atoms with Crippen LogP contribution in [0.3, 0.4) is 0 Å². The molecule has 3 aromatic rings. The molecule has 1 amide bonds. The maximum atomic E-state index is 13.0. The lowest BCUT2D eigenvalue weighted by atomic mass is 10.1. The standard InChI is InChI=1S/C21H20FN3O5/c1-29-15-8-5-13(9-16(15)30-2)10-17-24-18(19(26)21(28)25-17)20(27)23-11-12-3-6-14(22)7-4-12/h3-9,26H,10-11H2,1-2H3,(H,23,27)(H,24,25,28). The third-order valence-corrected chi connectivity index (χ3v) is 4.30. The fourth-order valence-corrected chi connectivity index (χ4v) is 2.77. The van der Waals surface area contributed by atoms with Gasteiger partial charge < -0.3 is 25.0 Å². The van der Waals surface area contributed by atoms with Gasteiger partial charge in [0.2, 0.25) is 5.75 Å². The third kappa shape index (κ3) is 4.75. The molecule has 9 heteroatoms. The van der Waals surface area contributed by atoms with Crippen molar-refractivity contribution in [3.8, 4) is 23.1 Å². The quantitative estimate of drug-likeness (QED) is 0.545. The molecule has 0 aliphatic rings. The topological polar surface area (TPSA) is 114 Å². The van der Waals surface area contributed by atoms with Crippen molar-refractivity contribution in [1.82, 2.24) is 15.3 Å². The summed E-state index contributed by atoms with van der Waals surface area (Å²) in [5.74, 6) is -1.32. The predicted octanol–water partition coefficient (Wildman–Crippen LogP) is 2.56. The minimum atomic E-state index is -0.720. The van der Waals surface area contributed by atoms with Crippen LogP contribution in [-0.4, -0.2) is 40.3 Å². The summed E-state index contributed by atoms with van der Waals surface area (Å²) in [7, 11) is 3.03. The number of benzene rings is 2. The number of methoxy groups -OCH3 is 2. The number of halogens is 1. The van der Waals surface area contributed by atoms with Gasteiger partial charge in [-0.3, -0.25) is 4.79 Å². The molecule has 0 unspecified atom stereocenters. The highest BCUT2D eigenvalue weighted by Gasteiger charge is 2.20. The van der Waals surface area contributed by atoms with Gasteiger partial charge in [-0.05, 0) is 35.4 Å². The Labute approximate surface area is 172 Å². The molecule has 0 aliphatic heterocycles. The molecule has 1 aromatic heterocycles. The number of nitrogens with one attached hydrogen (secondary N) is 1. The summed E-state index contributed by atoms with van der Waals surface area (Å²) in [4.78, 5) is 20.4. The first-order valence-corrected chi connectivity index (χ1v) is 8.93. The maximum absolute atomic E-state index is 13.0. The number of amides is 1. The average Bonchev–Trinajstić information content (AvgIpc) is 2.75. The van der Waals surface area contributed by atoms with Crippen LogP contribution in [0.4, 0.5) is 4.39 Å². The lowest BCUT2D eigenvalue weighted by molar-refractivity contribution is 0.0941. The normalized spacial score (nSPS) is 10.5. The first-order chi connectivity index (χ1) is 14.4. The molecule has 8 nitrogen and oxygen atoms in total. The molecular formula is C21H20FN3O5. The Balaban J connectivity index is 1.79. The van der Waals surface area contributed by atoms with Crippen LogP contribution in [0, 0.1) is 5.82 Å². The summed E-state index contributed by atoms with van der Waals surface area (Å²) in [6, 6.07) is 10.8. The Bertz CT molecular complexity index is 1060. The maximum Gasteiger partial charge on any atom is 0.274 e. The van der Waals surface area contributed by atoms with Gasteiger partial charge in [-0.2, -0.15) is 4.98 Å². The van der Waals surface area contributed by atoms with Crippen LogP contribution >= 0.6 is 0 Å². The summed E-state index contributed by atoms with van der Waals surface area (Å²) in [6.45, 7) is 0.0916. The molecule has 0 saturated heterocycles. The Morgan fingerprint density at radius 2 is 1.67 bits per heavy atom. The number of carbonyl (C=O) groups excluding carboxylic acids is 1. The Morgan fingerprint density at radius 3 is 2.33 bits per heavy atom. The fourth-order valence-electron chi connectivity index (χ4n) is 2.77. The van der Waals surface area contributed by atoms with Crippen molar-refractivity contribution >= 4 is 5.91 Å². The fraction of sp³-hybridized carbons (Fsp3) is 0.190. The van der Waals surface area contributed by atoms with Gasteiger partial charge in [0.05, 0.1) is 14.2 Å². The van der Waals surface area contributed by atoms with Crippen LogP contribution in [0.5, 0.6) is 23.1 Å². The second kappa shape index (κ2) is 9.08. The summed E-state index contributed by atoms with van der Waals surface area (Å²) >= 11 is 0. The zero-order valence-electron chi connectivity index (χ0n) is 16.3. The van der Waals surface area contributed by atoms with Gasteiger partial charge in [0.25, 0.3) is 11.8 Å². The van der Waals surface area contributed by atoms with Crippen molar-refractivity contribution in [1.29, 1.82) is 0 Å². The van der Waals surface area contributed by atoms with E-state index < -0.39 is 17.5 Å². The first kappa shape index (κ1) is 20.8. The van der Waals surface area contributed by atoms with Crippen molar-refractivity contribution in [3.05, 3.63) is 70.9 Å². The number of hydrogen-bond donors (Lipinski definition) is 3. The van der Waals surface area contributed by atoms with E-state index >= 15 is 0 Å². The predicted molar refractivity (Wildman–Crippen MR) is 105 cm³/mol. The zero-order chi connectivity index (χ0) is 21.7. The monoisotopic (exact) mass is 413 g/mol. The van der Waals surface area contributed by atoms with E-state index in [2.05, 4.69) is 15.3 Å². The number of ether oxygens (including phenoxy) is 2. The van der Waals surface area contributed by atoms with E-state index in [0.717, 1.165) is 5.56 Å². The van der Waals surface area contributed by atoms with Crippen molar-refractivity contribution in [2.45, 2.75) is 13.0 Å². The van der Waals surface area contributed by atoms with E-state index in [1.54, 1.807) is 18.2 Å². The molecule has 2 aromatic carbocycles. The van der Waals surface area contributed by atoms with Crippen molar-refractivity contribution < 1.29 is 28.9 Å². The van der Waals surface area contributed by atoms with Crippen LogP contribution in [-0.2, 0) is 13.0 Å². The van der Waals surface area contributed by atoms with E-state index in [9.17, 15) is 19.4 Å². The second-order valence-corrected chi connectivity index (χ2v) is 6.34. The van der Waals surface area contributed by atoms with Crippen LogP contribution in [0.1, 0.15) is 27.4 Å². The minimum Gasteiger partial charge on any atom is -0.501 e. The summed E-state index contributed by atoms with van der Waals surface area (Å²) < 4.78 is 23.4. The number of rotatable bonds is 7. The third-order valence-electron chi connectivity index (χ3n) is 4.30. The first-order valence-electron chi connectivity index (χ1n) is 8.93. The molecule has 30 heavy (non-hydrogen) atoms. The molecule has 156 valence electrons. The minimum absolute atomic E-state index is 0.0916. The molecule has 0 aliphatic carbocycles. The van der Waals surface area contributed by atoms with E-state index in [4.69, 9.17) is 9.47 Å². The smallest absolute Gasteiger partial charge is 0.274 e. The van der Waals surface area contributed by atoms with Crippen LogP contribution in [0.2, 0.25) is 0 Å². The zero-order valence-corrected chi connectivity index (χ0v) is 16.3. The molecular weight excluding hydrogens is 393 g/mol. The Kier molecular flexibility index (Phi) is 6.31. The molecule has 0 saturated carbocycles. The SMILES string of the molecule is COc1ccc(Cc2nc(O)c(O)c(C(=O)NCc3ccc(F)cc3)n2)cc1OC. The van der Waals surface area contributed by atoms with E-state index in [1.807, 2.05) is 0 Å². The number of hydrogen-bond acceptors (Lipinski definition) is 7. The highest BCUT2D eigenvalue weighted by Crippen LogP contribution is 2.29. The summed E-state index contributed by atoms with van der Waals surface area (Å²) in [5.41, 5.74) is 1.04. The van der Waals surface area contributed by atoms with E-state index in [1.165, 1.54) is 38.5 Å². The molecule has 3 rings (SSSR count). The van der Waals surface area contributed by atoms with Gasteiger partial charge in [0.15, 0.2) is 17.2 Å². The van der Waals surface area contributed by atoms with Crippen LogP contribution in [0.15, 0.2) is 42.5 Å². The highest BCUT2D eigenvalue weighted by molar-refractivity contribution is 5.95. The summed E-state index contributed by atoms with van der Waals surface area (Å²) in [5, 5.41) is 22.5. The van der Waals surface area contributed by atoms with E-state index in [0.29, 0.717) is 17.1 Å².